The van der Waals surface area contributed by atoms with E-state index in [2.05, 4.69) is 16.4 Å². The molecular weight excluding hydrogens is 390 g/mol. The molecule has 0 radical (unpaired) electrons. The number of aryl methyl sites for hydroxylation is 2. The molecule has 1 fully saturated rings. The van der Waals surface area contributed by atoms with Crippen molar-refractivity contribution in [3.63, 3.8) is 0 Å². The van der Waals surface area contributed by atoms with Crippen LogP contribution < -0.4 is 5.32 Å². The summed E-state index contributed by atoms with van der Waals surface area (Å²) in [5.41, 5.74) is 5.02. The minimum atomic E-state index is -0.142. The zero-order valence-corrected chi connectivity index (χ0v) is 17.0. The third kappa shape index (κ3) is 4.06. The van der Waals surface area contributed by atoms with Crippen LogP contribution in [0.15, 0.2) is 70.7 Å². The van der Waals surface area contributed by atoms with Gasteiger partial charge in [-0.15, -0.1) is 0 Å². The maximum atomic E-state index is 12.4. The zero-order valence-electron chi connectivity index (χ0n) is 15.4. The average molecular weight is 408 g/mol. The summed E-state index contributed by atoms with van der Waals surface area (Å²) in [5, 5.41) is 4.13. The van der Waals surface area contributed by atoms with Gasteiger partial charge in [-0.25, -0.2) is 4.99 Å². The number of hydrogen-bond acceptors (Lipinski definition) is 3. The van der Waals surface area contributed by atoms with Gasteiger partial charge >= 0.3 is 0 Å². The van der Waals surface area contributed by atoms with E-state index in [4.69, 9.17) is 11.6 Å². The van der Waals surface area contributed by atoms with Crippen molar-refractivity contribution in [3.05, 3.63) is 87.5 Å². The molecule has 1 aliphatic heterocycles. The van der Waals surface area contributed by atoms with Crippen molar-refractivity contribution in [3.8, 4) is 5.69 Å². The van der Waals surface area contributed by atoms with E-state index in [9.17, 15) is 4.79 Å². The number of hydrogen-bond donors (Lipinski definition) is 1. The number of amidine groups is 1. The van der Waals surface area contributed by atoms with E-state index in [1.54, 1.807) is 0 Å². The lowest BCUT2D eigenvalue weighted by molar-refractivity contribution is -0.115. The van der Waals surface area contributed by atoms with Gasteiger partial charge in [-0.1, -0.05) is 17.7 Å². The predicted octanol–water partition coefficient (Wildman–Crippen LogP) is 5.64. The van der Waals surface area contributed by atoms with E-state index in [1.807, 2.05) is 79.2 Å². The van der Waals surface area contributed by atoms with Crippen LogP contribution in [0, 0.1) is 13.8 Å². The number of rotatable bonds is 3. The first-order chi connectivity index (χ1) is 13.5. The van der Waals surface area contributed by atoms with Gasteiger partial charge in [0.2, 0.25) is 0 Å². The fourth-order valence-corrected chi connectivity index (χ4v) is 4.05. The second kappa shape index (κ2) is 7.70. The molecular formula is C22H18ClN3OS. The first-order valence-electron chi connectivity index (χ1n) is 8.79. The number of carbonyl (C=O) groups is 1. The topological polar surface area (TPSA) is 46.4 Å². The largest absolute Gasteiger partial charge is 0.317 e. The molecule has 1 amide bonds. The quantitative estimate of drug-likeness (QED) is 0.571. The van der Waals surface area contributed by atoms with Gasteiger partial charge in [0.05, 0.1) is 10.6 Å². The Bertz CT molecular complexity index is 1090. The van der Waals surface area contributed by atoms with Crippen LogP contribution in [0.2, 0.25) is 5.02 Å². The van der Waals surface area contributed by atoms with Gasteiger partial charge in [0.25, 0.3) is 5.91 Å². The summed E-state index contributed by atoms with van der Waals surface area (Å²) in [6.07, 6.45) is 3.83. The maximum Gasteiger partial charge on any atom is 0.264 e. The highest BCUT2D eigenvalue weighted by molar-refractivity contribution is 8.18. The smallest absolute Gasteiger partial charge is 0.264 e. The molecule has 1 saturated heterocycles. The van der Waals surface area contributed by atoms with E-state index in [0.717, 1.165) is 28.2 Å². The molecule has 28 heavy (non-hydrogen) atoms. The summed E-state index contributed by atoms with van der Waals surface area (Å²) < 4.78 is 2.01. The van der Waals surface area contributed by atoms with E-state index in [0.29, 0.717) is 15.1 Å². The standard InChI is InChI=1S/C22H18ClN3OS/c1-14-10-15(2)12-17(11-14)24-22-25-21(27)20(28-22)13-19-4-3-9-26(19)18-7-5-16(23)6-8-18/h3-13H,1-2H3,(H,24,25,27)/b20-13-. The van der Waals surface area contributed by atoms with Crippen molar-refractivity contribution in [2.75, 3.05) is 0 Å². The number of carbonyl (C=O) groups excluding carboxylic acids is 1. The molecule has 1 aromatic heterocycles. The number of aliphatic imine (C=N–C) groups is 1. The Kier molecular flexibility index (Phi) is 5.11. The second-order valence-corrected chi connectivity index (χ2v) is 8.07. The molecule has 2 aromatic carbocycles. The fourth-order valence-electron chi connectivity index (χ4n) is 3.10. The minimum absolute atomic E-state index is 0.142. The first kappa shape index (κ1) is 18.6. The van der Waals surface area contributed by atoms with E-state index in [-0.39, 0.29) is 5.91 Å². The molecule has 1 N–H and O–H groups in total. The molecule has 1 aliphatic rings. The van der Waals surface area contributed by atoms with Crippen molar-refractivity contribution in [1.29, 1.82) is 0 Å². The van der Waals surface area contributed by atoms with Crippen LogP contribution in [0.4, 0.5) is 5.69 Å². The number of thioether (sulfide) groups is 1. The Hall–Kier alpha value is -2.76. The number of nitrogens with zero attached hydrogens (tertiary/aromatic N) is 2. The maximum absolute atomic E-state index is 12.4. The second-order valence-electron chi connectivity index (χ2n) is 6.61. The molecule has 3 aromatic rings. The van der Waals surface area contributed by atoms with Crippen molar-refractivity contribution in [2.45, 2.75) is 13.8 Å². The van der Waals surface area contributed by atoms with Crippen molar-refractivity contribution in [2.24, 2.45) is 4.99 Å². The molecule has 140 valence electrons. The van der Waals surface area contributed by atoms with Gasteiger partial charge in [-0.05, 0) is 91.3 Å². The van der Waals surface area contributed by atoms with Gasteiger partial charge in [0, 0.05) is 22.6 Å². The highest BCUT2D eigenvalue weighted by Gasteiger charge is 2.24. The van der Waals surface area contributed by atoms with E-state index in [1.165, 1.54) is 11.8 Å². The lowest BCUT2D eigenvalue weighted by Gasteiger charge is -2.06. The third-order valence-electron chi connectivity index (χ3n) is 4.25. The fraction of sp³-hybridized carbons (Fsp3) is 0.0909. The molecule has 0 unspecified atom stereocenters. The molecule has 4 nitrogen and oxygen atoms in total. The van der Waals surface area contributed by atoms with Crippen LogP contribution >= 0.6 is 23.4 Å². The molecule has 0 atom stereocenters. The third-order valence-corrected chi connectivity index (χ3v) is 5.41. The molecule has 0 aliphatic carbocycles. The number of halogens is 1. The first-order valence-corrected chi connectivity index (χ1v) is 9.98. The zero-order chi connectivity index (χ0) is 19.7. The summed E-state index contributed by atoms with van der Waals surface area (Å²) >= 11 is 7.33. The Morgan fingerprint density at radius 1 is 1.07 bits per heavy atom. The summed E-state index contributed by atoms with van der Waals surface area (Å²) in [6.45, 7) is 4.07. The highest BCUT2D eigenvalue weighted by atomic mass is 35.5. The molecule has 4 rings (SSSR count). The number of aromatic nitrogens is 1. The van der Waals surface area contributed by atoms with Crippen molar-refractivity contribution < 1.29 is 4.79 Å². The number of amides is 1. The van der Waals surface area contributed by atoms with Gasteiger partial charge < -0.3 is 9.88 Å². The number of nitrogens with one attached hydrogen (secondary N) is 1. The number of benzene rings is 2. The summed E-state index contributed by atoms with van der Waals surface area (Å²) in [5.74, 6) is -0.142. The Morgan fingerprint density at radius 3 is 2.50 bits per heavy atom. The van der Waals surface area contributed by atoms with Crippen LogP contribution in [0.5, 0.6) is 0 Å². The van der Waals surface area contributed by atoms with E-state index >= 15 is 0 Å². The lowest BCUT2D eigenvalue weighted by atomic mass is 10.1. The summed E-state index contributed by atoms with van der Waals surface area (Å²) in [4.78, 5) is 17.6. The summed E-state index contributed by atoms with van der Waals surface area (Å²) in [7, 11) is 0. The molecule has 0 saturated carbocycles. The SMILES string of the molecule is Cc1cc(C)cc(N=C2NC(=O)/C(=C/c3cccn3-c3ccc(Cl)cc3)S2)c1. The van der Waals surface area contributed by atoms with E-state index < -0.39 is 0 Å². The van der Waals surface area contributed by atoms with Crippen molar-refractivity contribution in [1.82, 2.24) is 9.88 Å². The van der Waals surface area contributed by atoms with Gasteiger partial charge in [-0.2, -0.15) is 0 Å². The molecule has 6 heteroatoms. The predicted molar refractivity (Wildman–Crippen MR) is 118 cm³/mol. The molecule has 2 heterocycles. The highest BCUT2D eigenvalue weighted by Crippen LogP contribution is 2.29. The van der Waals surface area contributed by atoms with Crippen molar-refractivity contribution >= 4 is 46.2 Å². The Labute approximate surface area is 172 Å². The molecule has 0 bridgehead atoms. The van der Waals surface area contributed by atoms with Gasteiger partial charge in [0.15, 0.2) is 5.17 Å². The van der Waals surface area contributed by atoms with Gasteiger partial charge in [-0.3, -0.25) is 4.79 Å². The van der Waals surface area contributed by atoms with Crippen LogP contribution in [0.1, 0.15) is 16.8 Å². The van der Waals surface area contributed by atoms with Gasteiger partial charge in [0.1, 0.15) is 0 Å². The van der Waals surface area contributed by atoms with Crippen LogP contribution in [0.25, 0.3) is 11.8 Å². The van der Waals surface area contributed by atoms with Crippen LogP contribution in [-0.2, 0) is 4.79 Å². The molecule has 0 spiro atoms. The normalized spacial score (nSPS) is 16.8. The Balaban J connectivity index is 1.62. The average Bonchev–Trinajstić information content (AvgIpc) is 3.22. The van der Waals surface area contributed by atoms with Crippen LogP contribution in [0.3, 0.4) is 0 Å². The minimum Gasteiger partial charge on any atom is -0.317 e. The van der Waals surface area contributed by atoms with Crippen LogP contribution in [-0.4, -0.2) is 15.6 Å². The summed E-state index contributed by atoms with van der Waals surface area (Å²) in [6, 6.07) is 17.6. The lowest BCUT2D eigenvalue weighted by Crippen LogP contribution is -2.19. The monoisotopic (exact) mass is 407 g/mol. The Morgan fingerprint density at radius 2 is 1.79 bits per heavy atom.